The minimum atomic E-state index is 1.25. The molecule has 0 atom stereocenters. The molecule has 0 aliphatic carbocycles. The third kappa shape index (κ3) is 16.1. The Labute approximate surface area is 161 Å². The van der Waals surface area contributed by atoms with Gasteiger partial charge in [-0.25, -0.2) is 0 Å². The van der Waals surface area contributed by atoms with Gasteiger partial charge in [-0.1, -0.05) is 44.9 Å². The third-order valence-corrected chi connectivity index (χ3v) is 7.65. The first-order valence-corrected chi connectivity index (χ1v) is 10.6. The Morgan fingerprint density at radius 3 is 1.53 bits per heavy atom. The lowest BCUT2D eigenvalue weighted by Gasteiger charge is -2.08. The first-order chi connectivity index (χ1) is 9.04. The van der Waals surface area contributed by atoms with Gasteiger partial charge in [-0.15, -0.1) is 0 Å². The van der Waals surface area contributed by atoms with E-state index in [1.165, 1.54) is 72.3 Å². The predicted octanol–water partition coefficient (Wildman–Crippen LogP) is 6.92. The van der Waals surface area contributed by atoms with Crippen LogP contribution >= 0.6 is 67.8 Å². The van der Waals surface area contributed by atoms with Gasteiger partial charge in [-0.3, -0.25) is 0 Å². The number of hydrogen-bond acceptors (Lipinski definition) is 1. The number of unbranched alkanes of at least 4 members (excludes halogenated alkanes) is 8. The van der Waals surface area contributed by atoms with Crippen LogP contribution in [0.25, 0.3) is 0 Å². The molecule has 4 heteroatoms. The van der Waals surface area contributed by atoms with Crippen LogP contribution in [0.1, 0.15) is 64.2 Å². The SMILES string of the molecule is CN(C)CCCCCCCCCCCC(I)=C(I)I. The van der Waals surface area contributed by atoms with Crippen LogP contribution in [-0.4, -0.2) is 25.5 Å². The molecule has 0 spiro atoms. The highest BCUT2D eigenvalue weighted by molar-refractivity contribution is 14.2. The molecular weight excluding hydrogens is 575 g/mol. The Morgan fingerprint density at radius 1 is 0.684 bits per heavy atom. The van der Waals surface area contributed by atoms with E-state index in [-0.39, 0.29) is 0 Å². The van der Waals surface area contributed by atoms with Gasteiger partial charge in [-0.2, -0.15) is 0 Å². The summed E-state index contributed by atoms with van der Waals surface area (Å²) in [6.07, 6.45) is 14.0. The molecule has 0 unspecified atom stereocenters. The fraction of sp³-hybridized carbons (Fsp3) is 0.867. The highest BCUT2D eigenvalue weighted by Gasteiger charge is 1.98. The Bertz CT molecular complexity index is 236. The van der Waals surface area contributed by atoms with E-state index < -0.39 is 0 Å². The molecule has 0 saturated carbocycles. The molecule has 0 rings (SSSR count). The van der Waals surface area contributed by atoms with E-state index in [2.05, 4.69) is 86.8 Å². The smallest absolute Gasteiger partial charge is 0.0606 e. The van der Waals surface area contributed by atoms with Crippen LogP contribution in [0.15, 0.2) is 5.17 Å². The van der Waals surface area contributed by atoms with Crippen molar-refractivity contribution < 1.29 is 0 Å². The van der Waals surface area contributed by atoms with Gasteiger partial charge in [0, 0.05) is 3.58 Å². The molecule has 0 bridgehead atoms. The first-order valence-electron chi connectivity index (χ1n) is 7.38. The molecule has 114 valence electrons. The number of hydrogen-bond donors (Lipinski definition) is 0. The molecule has 0 N–H and O–H groups in total. The molecule has 1 nitrogen and oxygen atoms in total. The van der Waals surface area contributed by atoms with Crippen molar-refractivity contribution in [3.8, 4) is 0 Å². The van der Waals surface area contributed by atoms with Gasteiger partial charge >= 0.3 is 0 Å². The molecule has 0 fully saturated rings. The fourth-order valence-electron chi connectivity index (χ4n) is 2.04. The summed E-state index contributed by atoms with van der Waals surface area (Å²) in [6.45, 7) is 1.25. The van der Waals surface area contributed by atoms with Crippen molar-refractivity contribution in [2.45, 2.75) is 64.2 Å². The summed E-state index contributed by atoms with van der Waals surface area (Å²) in [6, 6.07) is 0. The predicted molar refractivity (Wildman–Crippen MR) is 114 cm³/mol. The average molecular weight is 603 g/mol. The van der Waals surface area contributed by atoms with Crippen LogP contribution in [0.2, 0.25) is 0 Å². The molecule has 0 amide bonds. The molecule has 0 radical (unpaired) electrons. The molecule has 19 heavy (non-hydrogen) atoms. The summed E-state index contributed by atoms with van der Waals surface area (Å²) in [5, 5.41) is 0. The van der Waals surface area contributed by atoms with Crippen LogP contribution in [0.3, 0.4) is 0 Å². The van der Waals surface area contributed by atoms with Crippen molar-refractivity contribution in [3.05, 3.63) is 5.17 Å². The van der Waals surface area contributed by atoms with Crippen LogP contribution < -0.4 is 0 Å². The maximum atomic E-state index is 2.48. The van der Waals surface area contributed by atoms with Gasteiger partial charge in [0.05, 0.1) is 1.59 Å². The Kier molecular flexibility index (Phi) is 16.3. The molecule has 0 aromatic rings. The van der Waals surface area contributed by atoms with E-state index in [4.69, 9.17) is 0 Å². The summed E-state index contributed by atoms with van der Waals surface area (Å²) in [5.74, 6) is 0. The lowest BCUT2D eigenvalue weighted by Crippen LogP contribution is -2.12. The van der Waals surface area contributed by atoms with Crippen molar-refractivity contribution in [1.29, 1.82) is 0 Å². The van der Waals surface area contributed by atoms with Crippen LogP contribution in [-0.2, 0) is 0 Å². The van der Waals surface area contributed by atoms with Gasteiger partial charge in [0.2, 0.25) is 0 Å². The van der Waals surface area contributed by atoms with Crippen LogP contribution in [0.4, 0.5) is 0 Å². The zero-order valence-electron chi connectivity index (χ0n) is 12.4. The van der Waals surface area contributed by atoms with E-state index in [0.717, 1.165) is 0 Å². The Balaban J connectivity index is 3.13. The fourth-order valence-corrected chi connectivity index (χ4v) is 2.96. The second kappa shape index (κ2) is 14.8. The van der Waals surface area contributed by atoms with Crippen molar-refractivity contribution in [2.75, 3.05) is 20.6 Å². The lowest BCUT2D eigenvalue weighted by atomic mass is 10.1. The lowest BCUT2D eigenvalue weighted by molar-refractivity contribution is 0.389. The summed E-state index contributed by atoms with van der Waals surface area (Å²) in [7, 11) is 4.32. The molecular formula is C15H28I3N. The number of nitrogens with zero attached hydrogens (tertiary/aromatic N) is 1. The van der Waals surface area contributed by atoms with E-state index in [1.807, 2.05) is 0 Å². The van der Waals surface area contributed by atoms with Crippen LogP contribution in [0.5, 0.6) is 0 Å². The van der Waals surface area contributed by atoms with Crippen molar-refractivity contribution in [1.82, 2.24) is 4.90 Å². The molecule has 0 aliphatic rings. The van der Waals surface area contributed by atoms with E-state index in [1.54, 1.807) is 3.58 Å². The Morgan fingerprint density at radius 2 is 1.11 bits per heavy atom. The molecule has 0 aromatic carbocycles. The molecule has 0 aromatic heterocycles. The molecule has 0 heterocycles. The van der Waals surface area contributed by atoms with E-state index >= 15 is 0 Å². The monoisotopic (exact) mass is 603 g/mol. The third-order valence-electron chi connectivity index (χ3n) is 3.21. The van der Waals surface area contributed by atoms with Crippen molar-refractivity contribution in [2.24, 2.45) is 0 Å². The normalized spacial score (nSPS) is 11.1. The minimum absolute atomic E-state index is 1.25. The average Bonchev–Trinajstić information content (AvgIpc) is 2.35. The molecule has 0 saturated heterocycles. The number of allylic oxidation sites excluding steroid dienone is 1. The highest BCUT2D eigenvalue weighted by Crippen LogP contribution is 2.29. The second-order valence-corrected chi connectivity index (χ2v) is 10.9. The van der Waals surface area contributed by atoms with E-state index in [0.29, 0.717) is 0 Å². The summed E-state index contributed by atoms with van der Waals surface area (Å²) >= 11 is 7.32. The van der Waals surface area contributed by atoms with Gasteiger partial charge in [0.25, 0.3) is 0 Å². The summed E-state index contributed by atoms with van der Waals surface area (Å²) in [4.78, 5) is 2.28. The van der Waals surface area contributed by atoms with Crippen molar-refractivity contribution in [3.63, 3.8) is 0 Å². The highest BCUT2D eigenvalue weighted by atomic mass is 127. The van der Waals surface area contributed by atoms with Gasteiger partial charge in [0.15, 0.2) is 0 Å². The quantitative estimate of drug-likeness (QED) is 0.173. The second-order valence-electron chi connectivity index (χ2n) is 5.40. The largest absolute Gasteiger partial charge is 0.309 e. The van der Waals surface area contributed by atoms with Gasteiger partial charge in [-0.05, 0) is 108 Å². The zero-order chi connectivity index (χ0) is 14.5. The van der Waals surface area contributed by atoms with Crippen molar-refractivity contribution >= 4 is 67.8 Å². The summed E-state index contributed by atoms with van der Waals surface area (Å²) < 4.78 is 2.98. The van der Waals surface area contributed by atoms with Gasteiger partial charge < -0.3 is 4.90 Å². The first kappa shape index (κ1) is 20.9. The number of rotatable bonds is 12. The van der Waals surface area contributed by atoms with Crippen LogP contribution in [0, 0.1) is 0 Å². The maximum Gasteiger partial charge on any atom is 0.0606 e. The standard InChI is InChI=1S/C15H28I3N/c1-19(2)13-11-9-7-5-3-4-6-8-10-12-14(16)15(17)18/h3-13H2,1-2H3. The molecule has 0 aliphatic heterocycles. The topological polar surface area (TPSA) is 3.24 Å². The maximum absolute atomic E-state index is 2.48. The Hall–Kier alpha value is 1.89. The summed E-state index contributed by atoms with van der Waals surface area (Å²) in [5.41, 5.74) is 0. The van der Waals surface area contributed by atoms with E-state index in [9.17, 15) is 0 Å². The minimum Gasteiger partial charge on any atom is -0.309 e. The van der Waals surface area contributed by atoms with Gasteiger partial charge in [0.1, 0.15) is 0 Å². The number of halogens is 3. The zero-order valence-corrected chi connectivity index (χ0v) is 18.8.